The molecule has 0 spiro atoms. The van der Waals surface area contributed by atoms with Gasteiger partial charge in [-0.05, 0) is 24.3 Å². The standard InChI is InChI=1S/C15H11N3O2/c19-15(11-5-8-16-9-6-11)18-17-13-7-10-20-14-4-2-1-3-12(13)14/h1-10H,(H,18,19)/b17-13+. The van der Waals surface area contributed by atoms with Crippen molar-refractivity contribution in [1.82, 2.24) is 10.4 Å². The molecule has 0 saturated carbocycles. The van der Waals surface area contributed by atoms with Gasteiger partial charge in [-0.25, -0.2) is 5.43 Å². The lowest BCUT2D eigenvalue weighted by atomic mass is 10.2. The van der Waals surface area contributed by atoms with Crippen molar-refractivity contribution in [2.45, 2.75) is 0 Å². The first kappa shape index (κ1) is 12.1. The molecule has 0 unspecified atom stereocenters. The van der Waals surface area contributed by atoms with Gasteiger partial charge in [-0.2, -0.15) is 5.10 Å². The Balaban J connectivity index is 1.94. The predicted molar refractivity (Wildman–Crippen MR) is 73.5 cm³/mol. The van der Waals surface area contributed by atoms with E-state index in [1.54, 1.807) is 36.9 Å². The second-order valence-corrected chi connectivity index (χ2v) is 4.09. The number of nitrogens with one attached hydrogen (secondary N) is 1. The fourth-order valence-corrected chi connectivity index (χ4v) is 1.82. The van der Waals surface area contributed by atoms with Gasteiger partial charge in [0, 0.05) is 29.4 Å². The van der Waals surface area contributed by atoms with Gasteiger partial charge in [0.15, 0.2) is 0 Å². The summed E-state index contributed by atoms with van der Waals surface area (Å²) in [5.74, 6) is -0.280. The molecule has 2 aromatic heterocycles. The molecular formula is C15H11N3O2. The van der Waals surface area contributed by atoms with Gasteiger partial charge in [0.25, 0.3) is 5.91 Å². The Labute approximate surface area is 114 Å². The Morgan fingerprint density at radius 2 is 1.90 bits per heavy atom. The highest BCUT2D eigenvalue weighted by Gasteiger charge is 2.03. The largest absolute Gasteiger partial charge is 0.464 e. The zero-order chi connectivity index (χ0) is 13.8. The second kappa shape index (κ2) is 5.36. The number of hydrogen-bond donors (Lipinski definition) is 1. The minimum atomic E-state index is -0.280. The van der Waals surface area contributed by atoms with E-state index in [2.05, 4.69) is 15.5 Å². The highest BCUT2D eigenvalue weighted by atomic mass is 16.3. The summed E-state index contributed by atoms with van der Waals surface area (Å²) in [4.78, 5) is 15.8. The Bertz CT molecular complexity index is 804. The molecule has 3 aromatic rings. The fraction of sp³-hybridized carbons (Fsp3) is 0. The van der Waals surface area contributed by atoms with Gasteiger partial charge in [0.1, 0.15) is 5.58 Å². The molecule has 0 atom stereocenters. The summed E-state index contributed by atoms with van der Waals surface area (Å²) in [6.45, 7) is 0. The maximum absolute atomic E-state index is 11.9. The number of nitrogens with zero attached hydrogens (tertiary/aromatic N) is 2. The SMILES string of the molecule is O=C(N/N=c1\ccoc2ccccc12)c1ccncc1. The molecule has 0 aliphatic carbocycles. The average molecular weight is 265 g/mol. The zero-order valence-electron chi connectivity index (χ0n) is 10.5. The fourth-order valence-electron chi connectivity index (χ4n) is 1.82. The Morgan fingerprint density at radius 1 is 1.10 bits per heavy atom. The van der Waals surface area contributed by atoms with E-state index in [9.17, 15) is 4.79 Å². The highest BCUT2D eigenvalue weighted by Crippen LogP contribution is 2.07. The van der Waals surface area contributed by atoms with Crippen molar-refractivity contribution in [3.8, 4) is 0 Å². The lowest BCUT2D eigenvalue weighted by molar-refractivity contribution is 0.0953. The zero-order valence-corrected chi connectivity index (χ0v) is 10.5. The van der Waals surface area contributed by atoms with E-state index in [1.807, 2.05) is 24.3 Å². The van der Waals surface area contributed by atoms with Crippen molar-refractivity contribution >= 4 is 16.9 Å². The van der Waals surface area contributed by atoms with E-state index < -0.39 is 0 Å². The van der Waals surface area contributed by atoms with Crippen LogP contribution >= 0.6 is 0 Å². The molecule has 0 fully saturated rings. The van der Waals surface area contributed by atoms with Crippen molar-refractivity contribution in [3.63, 3.8) is 0 Å². The van der Waals surface area contributed by atoms with E-state index in [0.29, 0.717) is 16.5 Å². The number of rotatable bonds is 2. The second-order valence-electron chi connectivity index (χ2n) is 4.09. The van der Waals surface area contributed by atoms with E-state index in [1.165, 1.54) is 0 Å². The van der Waals surface area contributed by atoms with Crippen LogP contribution in [0.1, 0.15) is 10.4 Å². The number of para-hydroxylation sites is 1. The third-order valence-corrected chi connectivity index (χ3v) is 2.80. The van der Waals surface area contributed by atoms with Crippen LogP contribution in [0.25, 0.3) is 11.0 Å². The molecule has 0 aliphatic rings. The topological polar surface area (TPSA) is 67.5 Å². The van der Waals surface area contributed by atoms with Crippen molar-refractivity contribution < 1.29 is 9.21 Å². The molecule has 1 aromatic carbocycles. The summed E-state index contributed by atoms with van der Waals surface area (Å²) in [5.41, 5.74) is 3.75. The molecule has 98 valence electrons. The van der Waals surface area contributed by atoms with Gasteiger partial charge in [-0.1, -0.05) is 12.1 Å². The smallest absolute Gasteiger partial charge is 0.271 e. The van der Waals surface area contributed by atoms with Crippen LogP contribution in [-0.2, 0) is 0 Å². The molecule has 0 bridgehead atoms. The number of benzene rings is 1. The number of hydrogen-bond acceptors (Lipinski definition) is 4. The van der Waals surface area contributed by atoms with Gasteiger partial charge >= 0.3 is 0 Å². The van der Waals surface area contributed by atoms with Crippen molar-refractivity contribution in [2.24, 2.45) is 5.10 Å². The molecule has 5 heteroatoms. The first-order valence-corrected chi connectivity index (χ1v) is 6.05. The van der Waals surface area contributed by atoms with E-state index in [-0.39, 0.29) is 5.91 Å². The van der Waals surface area contributed by atoms with Gasteiger partial charge in [0.05, 0.1) is 11.6 Å². The van der Waals surface area contributed by atoms with Gasteiger partial charge in [-0.3, -0.25) is 9.78 Å². The third kappa shape index (κ3) is 2.42. The number of carbonyl (C=O) groups is 1. The van der Waals surface area contributed by atoms with Crippen LogP contribution in [0.5, 0.6) is 0 Å². The molecule has 0 radical (unpaired) electrons. The van der Waals surface area contributed by atoms with Crippen molar-refractivity contribution in [1.29, 1.82) is 0 Å². The Kier molecular flexibility index (Phi) is 3.24. The summed E-state index contributed by atoms with van der Waals surface area (Å²) >= 11 is 0. The maximum Gasteiger partial charge on any atom is 0.271 e. The molecule has 5 nitrogen and oxygen atoms in total. The Morgan fingerprint density at radius 3 is 2.75 bits per heavy atom. The summed E-state index contributed by atoms with van der Waals surface area (Å²) in [6, 6.07) is 12.5. The lowest BCUT2D eigenvalue weighted by Crippen LogP contribution is -2.21. The normalized spacial score (nSPS) is 11.5. The summed E-state index contributed by atoms with van der Waals surface area (Å²) in [6.07, 6.45) is 4.66. The predicted octanol–water partition coefficient (Wildman–Crippen LogP) is 2.07. The molecule has 0 aliphatic heterocycles. The molecule has 2 heterocycles. The van der Waals surface area contributed by atoms with Crippen LogP contribution in [0.2, 0.25) is 0 Å². The molecule has 0 saturated heterocycles. The molecule has 1 N–H and O–H groups in total. The first-order valence-electron chi connectivity index (χ1n) is 6.05. The van der Waals surface area contributed by atoms with E-state index in [0.717, 1.165) is 5.39 Å². The summed E-state index contributed by atoms with van der Waals surface area (Å²) in [7, 11) is 0. The minimum Gasteiger partial charge on any atom is -0.464 e. The molecular weight excluding hydrogens is 254 g/mol. The van der Waals surface area contributed by atoms with Crippen molar-refractivity contribution in [2.75, 3.05) is 0 Å². The number of aromatic nitrogens is 1. The van der Waals surface area contributed by atoms with Crippen LogP contribution < -0.4 is 10.8 Å². The van der Waals surface area contributed by atoms with Crippen LogP contribution in [0.15, 0.2) is 70.6 Å². The minimum absolute atomic E-state index is 0.280. The molecule has 3 rings (SSSR count). The average Bonchev–Trinajstić information content (AvgIpc) is 2.53. The van der Waals surface area contributed by atoms with Crippen LogP contribution in [0, 0.1) is 0 Å². The summed E-state index contributed by atoms with van der Waals surface area (Å²) < 4.78 is 5.36. The van der Waals surface area contributed by atoms with Gasteiger partial charge in [0.2, 0.25) is 0 Å². The lowest BCUT2D eigenvalue weighted by Gasteiger charge is -2.00. The van der Waals surface area contributed by atoms with E-state index in [4.69, 9.17) is 4.42 Å². The quantitative estimate of drug-likeness (QED) is 0.721. The third-order valence-electron chi connectivity index (χ3n) is 2.80. The first-order chi connectivity index (χ1) is 9.84. The van der Waals surface area contributed by atoms with E-state index >= 15 is 0 Å². The monoisotopic (exact) mass is 265 g/mol. The number of fused-ring (bicyclic) bond motifs is 1. The maximum atomic E-state index is 11.9. The number of carbonyl (C=O) groups excluding carboxylic acids is 1. The number of amides is 1. The molecule has 1 amide bonds. The highest BCUT2D eigenvalue weighted by molar-refractivity contribution is 5.93. The van der Waals surface area contributed by atoms with Crippen molar-refractivity contribution in [3.05, 3.63) is 72.0 Å². The number of pyridine rings is 1. The van der Waals surface area contributed by atoms with Gasteiger partial charge < -0.3 is 4.42 Å². The van der Waals surface area contributed by atoms with Crippen LogP contribution in [0.4, 0.5) is 0 Å². The summed E-state index contributed by atoms with van der Waals surface area (Å²) in [5, 5.41) is 5.62. The van der Waals surface area contributed by atoms with Crippen LogP contribution in [0.3, 0.4) is 0 Å². The molecule has 20 heavy (non-hydrogen) atoms. The van der Waals surface area contributed by atoms with Gasteiger partial charge in [-0.15, -0.1) is 0 Å². The van der Waals surface area contributed by atoms with Crippen LogP contribution in [-0.4, -0.2) is 10.9 Å². The Hall–Kier alpha value is -2.95.